The Morgan fingerprint density at radius 1 is 1.47 bits per heavy atom. The van der Waals surface area contributed by atoms with Gasteiger partial charge in [0.25, 0.3) is 0 Å². The van der Waals surface area contributed by atoms with Gasteiger partial charge in [0, 0.05) is 12.2 Å². The molecule has 0 saturated carbocycles. The quantitative estimate of drug-likeness (QED) is 0.729. The number of rotatable bonds is 3. The standard InChI is InChI=1S/C9H11N3O2S/c1-2-12-15(13,14)9-4-7(6-10)3-8(11)5-9/h3-5,12H,2,11H2,1H3. The molecule has 0 unspecified atom stereocenters. The second kappa shape index (κ2) is 4.29. The van der Waals surface area contributed by atoms with Crippen molar-refractivity contribution in [3.63, 3.8) is 0 Å². The first-order chi connectivity index (χ1) is 6.99. The number of nitrogen functional groups attached to an aromatic ring is 1. The first-order valence-corrected chi connectivity index (χ1v) is 5.78. The molecule has 0 aliphatic rings. The highest BCUT2D eigenvalue weighted by molar-refractivity contribution is 7.89. The van der Waals surface area contributed by atoms with Crippen molar-refractivity contribution >= 4 is 15.7 Å². The largest absolute Gasteiger partial charge is 0.399 e. The van der Waals surface area contributed by atoms with E-state index in [0.717, 1.165) is 0 Å². The summed E-state index contributed by atoms with van der Waals surface area (Å²) >= 11 is 0. The molecule has 3 N–H and O–H groups in total. The molecular formula is C9H11N3O2S. The van der Waals surface area contributed by atoms with Crippen molar-refractivity contribution in [3.8, 4) is 6.07 Å². The summed E-state index contributed by atoms with van der Waals surface area (Å²) in [5.74, 6) is 0. The zero-order chi connectivity index (χ0) is 11.5. The summed E-state index contributed by atoms with van der Waals surface area (Å²) in [4.78, 5) is 0.0147. The van der Waals surface area contributed by atoms with Gasteiger partial charge in [-0.2, -0.15) is 5.26 Å². The molecule has 15 heavy (non-hydrogen) atoms. The fourth-order valence-electron chi connectivity index (χ4n) is 1.12. The molecule has 0 fully saturated rings. The highest BCUT2D eigenvalue weighted by Crippen LogP contribution is 2.15. The Kier molecular flexibility index (Phi) is 3.29. The summed E-state index contributed by atoms with van der Waals surface area (Å²) in [5, 5.41) is 8.66. The summed E-state index contributed by atoms with van der Waals surface area (Å²) in [7, 11) is -3.55. The molecule has 0 radical (unpaired) electrons. The Bertz CT molecular complexity index is 503. The Balaban J connectivity index is 3.28. The second-order valence-corrected chi connectivity index (χ2v) is 4.67. The van der Waals surface area contributed by atoms with Gasteiger partial charge in [0.15, 0.2) is 0 Å². The number of sulfonamides is 1. The maximum absolute atomic E-state index is 11.6. The van der Waals surface area contributed by atoms with Crippen molar-refractivity contribution in [1.29, 1.82) is 5.26 Å². The van der Waals surface area contributed by atoms with Crippen molar-refractivity contribution in [2.24, 2.45) is 0 Å². The lowest BCUT2D eigenvalue weighted by Gasteiger charge is -2.05. The minimum absolute atomic E-state index is 0.0147. The predicted molar refractivity (Wildman–Crippen MR) is 56.4 cm³/mol. The third kappa shape index (κ3) is 2.68. The smallest absolute Gasteiger partial charge is 0.240 e. The molecule has 0 heterocycles. The van der Waals surface area contributed by atoms with Crippen molar-refractivity contribution in [3.05, 3.63) is 23.8 Å². The maximum atomic E-state index is 11.6. The molecule has 0 atom stereocenters. The highest BCUT2D eigenvalue weighted by atomic mass is 32.2. The molecule has 0 spiro atoms. The first-order valence-electron chi connectivity index (χ1n) is 4.30. The molecule has 1 aromatic carbocycles. The fourth-order valence-corrected chi connectivity index (χ4v) is 2.24. The van der Waals surface area contributed by atoms with Crippen molar-refractivity contribution in [2.45, 2.75) is 11.8 Å². The monoisotopic (exact) mass is 225 g/mol. The van der Waals surface area contributed by atoms with E-state index < -0.39 is 10.0 Å². The van der Waals surface area contributed by atoms with Gasteiger partial charge in [-0.25, -0.2) is 13.1 Å². The highest BCUT2D eigenvalue weighted by Gasteiger charge is 2.13. The van der Waals surface area contributed by atoms with Crippen LogP contribution in [-0.4, -0.2) is 15.0 Å². The second-order valence-electron chi connectivity index (χ2n) is 2.90. The number of anilines is 1. The average Bonchev–Trinajstić information content (AvgIpc) is 2.16. The lowest BCUT2D eigenvalue weighted by molar-refractivity contribution is 0.584. The molecule has 6 heteroatoms. The molecule has 0 amide bonds. The zero-order valence-corrected chi connectivity index (χ0v) is 9.00. The van der Waals surface area contributed by atoms with Gasteiger partial charge < -0.3 is 5.73 Å². The van der Waals surface area contributed by atoms with Crippen LogP contribution in [0.15, 0.2) is 23.1 Å². The number of nitrogens with one attached hydrogen (secondary N) is 1. The maximum Gasteiger partial charge on any atom is 0.240 e. The number of nitriles is 1. The van der Waals surface area contributed by atoms with Gasteiger partial charge in [-0.1, -0.05) is 6.92 Å². The molecule has 0 bridgehead atoms. The predicted octanol–water partition coefficient (Wildman–Crippen LogP) is 0.439. The average molecular weight is 225 g/mol. The van der Waals surface area contributed by atoms with E-state index in [-0.39, 0.29) is 16.1 Å². The van der Waals surface area contributed by atoms with Gasteiger partial charge in [-0.3, -0.25) is 0 Å². The lowest BCUT2D eigenvalue weighted by Crippen LogP contribution is -2.23. The molecule has 0 saturated heterocycles. The first kappa shape index (κ1) is 11.5. The lowest BCUT2D eigenvalue weighted by atomic mass is 10.2. The Morgan fingerprint density at radius 3 is 2.67 bits per heavy atom. The van der Waals surface area contributed by atoms with E-state index in [0.29, 0.717) is 6.54 Å². The summed E-state index contributed by atoms with van der Waals surface area (Å²) in [6, 6.07) is 5.88. The Labute approximate surface area is 88.6 Å². The van der Waals surface area contributed by atoms with Gasteiger partial charge in [-0.15, -0.1) is 0 Å². The molecule has 80 valence electrons. The number of benzene rings is 1. The minimum atomic E-state index is -3.55. The number of nitrogens with zero attached hydrogens (tertiary/aromatic N) is 1. The van der Waals surface area contributed by atoms with Crippen LogP contribution < -0.4 is 10.5 Å². The summed E-state index contributed by atoms with van der Waals surface area (Å²) in [6.07, 6.45) is 0. The van der Waals surface area contributed by atoms with E-state index in [2.05, 4.69) is 4.72 Å². The molecule has 0 aliphatic carbocycles. The van der Waals surface area contributed by atoms with Crippen molar-refractivity contribution < 1.29 is 8.42 Å². The van der Waals surface area contributed by atoms with Crippen LogP contribution in [0.25, 0.3) is 0 Å². The molecule has 0 aromatic heterocycles. The van der Waals surface area contributed by atoms with Crippen LogP contribution in [0.2, 0.25) is 0 Å². The van der Waals surface area contributed by atoms with Crippen molar-refractivity contribution in [1.82, 2.24) is 4.72 Å². The summed E-state index contributed by atoms with van der Waals surface area (Å²) in [5.41, 5.74) is 5.97. The summed E-state index contributed by atoms with van der Waals surface area (Å²) in [6.45, 7) is 1.97. The topological polar surface area (TPSA) is 96.0 Å². The SMILES string of the molecule is CCNS(=O)(=O)c1cc(N)cc(C#N)c1. The summed E-state index contributed by atoms with van der Waals surface area (Å²) < 4.78 is 25.5. The zero-order valence-electron chi connectivity index (χ0n) is 8.19. The molecule has 5 nitrogen and oxygen atoms in total. The minimum Gasteiger partial charge on any atom is -0.399 e. The van der Waals surface area contributed by atoms with Crippen LogP contribution in [-0.2, 0) is 10.0 Å². The van der Waals surface area contributed by atoms with Crippen LogP contribution in [0.5, 0.6) is 0 Å². The fraction of sp³-hybridized carbons (Fsp3) is 0.222. The molecule has 1 aromatic rings. The Hall–Kier alpha value is -1.58. The molecule has 0 aliphatic heterocycles. The van der Waals surface area contributed by atoms with Crippen LogP contribution in [0.1, 0.15) is 12.5 Å². The van der Waals surface area contributed by atoms with Gasteiger partial charge in [0.2, 0.25) is 10.0 Å². The van der Waals surface area contributed by atoms with Crippen molar-refractivity contribution in [2.75, 3.05) is 12.3 Å². The van der Waals surface area contributed by atoms with Gasteiger partial charge in [-0.05, 0) is 18.2 Å². The molecular weight excluding hydrogens is 214 g/mol. The van der Waals surface area contributed by atoms with E-state index in [1.807, 2.05) is 6.07 Å². The normalized spacial score (nSPS) is 10.9. The number of hydrogen-bond donors (Lipinski definition) is 2. The Morgan fingerprint density at radius 2 is 2.13 bits per heavy atom. The van der Waals surface area contributed by atoms with E-state index in [1.54, 1.807) is 6.92 Å². The third-order valence-electron chi connectivity index (χ3n) is 1.70. The number of hydrogen-bond acceptors (Lipinski definition) is 4. The van der Waals surface area contributed by atoms with E-state index >= 15 is 0 Å². The number of nitrogens with two attached hydrogens (primary N) is 1. The molecule has 1 rings (SSSR count). The van der Waals surface area contributed by atoms with Crippen LogP contribution in [0.4, 0.5) is 5.69 Å². The van der Waals surface area contributed by atoms with Gasteiger partial charge >= 0.3 is 0 Å². The van der Waals surface area contributed by atoms with Crippen LogP contribution >= 0.6 is 0 Å². The third-order valence-corrected chi connectivity index (χ3v) is 3.23. The van der Waals surface area contributed by atoms with Crippen LogP contribution in [0, 0.1) is 11.3 Å². The van der Waals surface area contributed by atoms with Crippen LogP contribution in [0.3, 0.4) is 0 Å². The van der Waals surface area contributed by atoms with E-state index in [1.165, 1.54) is 18.2 Å². The van der Waals surface area contributed by atoms with E-state index in [4.69, 9.17) is 11.0 Å². The van der Waals surface area contributed by atoms with Gasteiger partial charge in [0.1, 0.15) is 0 Å². The van der Waals surface area contributed by atoms with Gasteiger partial charge in [0.05, 0.1) is 16.5 Å². The van der Waals surface area contributed by atoms with E-state index in [9.17, 15) is 8.42 Å².